The fourth-order valence-electron chi connectivity index (χ4n) is 2.73. The van der Waals surface area contributed by atoms with E-state index in [2.05, 4.69) is 21.2 Å². The van der Waals surface area contributed by atoms with Crippen molar-refractivity contribution in [3.8, 4) is 11.5 Å². The van der Waals surface area contributed by atoms with Crippen molar-refractivity contribution in [1.29, 1.82) is 0 Å². The summed E-state index contributed by atoms with van der Waals surface area (Å²) in [4.78, 5) is 12.5. The second kappa shape index (κ2) is 7.26. The molecule has 4 nitrogen and oxygen atoms in total. The number of hydrogen-bond acceptors (Lipinski definition) is 3. The van der Waals surface area contributed by atoms with Gasteiger partial charge in [-0.25, -0.2) is 0 Å². The monoisotopic (exact) mass is 389 g/mol. The average molecular weight is 390 g/mol. The first-order valence-electron chi connectivity index (χ1n) is 7.95. The van der Waals surface area contributed by atoms with Crippen molar-refractivity contribution in [1.82, 2.24) is 5.32 Å². The van der Waals surface area contributed by atoms with Crippen molar-refractivity contribution in [3.05, 3.63) is 58.6 Å². The summed E-state index contributed by atoms with van der Waals surface area (Å²) in [7, 11) is 1.62. The largest absolute Gasteiger partial charge is 0.497 e. The Balaban J connectivity index is 1.50. The molecule has 3 rings (SSSR count). The number of amides is 1. The lowest BCUT2D eigenvalue weighted by Gasteiger charge is -2.16. The van der Waals surface area contributed by atoms with Crippen LogP contribution in [0.5, 0.6) is 11.5 Å². The zero-order chi connectivity index (χ0) is 17.0. The molecule has 5 heteroatoms. The van der Waals surface area contributed by atoms with Crippen LogP contribution in [-0.4, -0.2) is 26.2 Å². The summed E-state index contributed by atoms with van der Waals surface area (Å²) in [6.45, 7) is 0.906. The number of methoxy groups -OCH3 is 1. The predicted octanol–water partition coefficient (Wildman–Crippen LogP) is 3.68. The smallest absolute Gasteiger partial charge is 0.230 e. The van der Waals surface area contributed by atoms with E-state index in [0.29, 0.717) is 13.2 Å². The van der Waals surface area contributed by atoms with Gasteiger partial charge in [0, 0.05) is 10.5 Å². The molecule has 0 radical (unpaired) electrons. The first-order chi connectivity index (χ1) is 11.6. The Labute approximate surface area is 150 Å². The lowest BCUT2D eigenvalue weighted by molar-refractivity contribution is -0.123. The maximum Gasteiger partial charge on any atom is 0.230 e. The molecule has 1 N–H and O–H groups in total. The number of benzene rings is 2. The van der Waals surface area contributed by atoms with Gasteiger partial charge in [-0.15, -0.1) is 0 Å². The normalized spacial score (nSPS) is 14.8. The van der Waals surface area contributed by atoms with Crippen LogP contribution in [0.1, 0.15) is 18.4 Å². The zero-order valence-corrected chi connectivity index (χ0v) is 15.1. The Kier molecular flexibility index (Phi) is 5.09. The number of carbonyl (C=O) groups excluding carboxylic acids is 1. The highest BCUT2D eigenvalue weighted by molar-refractivity contribution is 9.10. The predicted molar refractivity (Wildman–Crippen MR) is 96.6 cm³/mol. The van der Waals surface area contributed by atoms with Crippen molar-refractivity contribution in [2.75, 3.05) is 20.3 Å². The van der Waals surface area contributed by atoms with E-state index in [1.54, 1.807) is 7.11 Å². The molecule has 1 saturated carbocycles. The quantitative estimate of drug-likeness (QED) is 0.734. The molecule has 126 valence electrons. The number of hydrogen-bond donors (Lipinski definition) is 1. The number of halogens is 1. The van der Waals surface area contributed by atoms with Crippen molar-refractivity contribution < 1.29 is 14.3 Å². The topological polar surface area (TPSA) is 47.6 Å². The van der Waals surface area contributed by atoms with Gasteiger partial charge in [-0.2, -0.15) is 0 Å². The molecule has 2 aromatic rings. The van der Waals surface area contributed by atoms with Crippen LogP contribution in [0.3, 0.4) is 0 Å². The van der Waals surface area contributed by atoms with Crippen molar-refractivity contribution >= 4 is 21.8 Å². The SMILES string of the molecule is COc1cccc(OCCNC(=O)C2(c3ccc(Br)cc3)CC2)c1. The van der Waals surface area contributed by atoms with Gasteiger partial charge in [0.1, 0.15) is 18.1 Å². The third kappa shape index (κ3) is 3.73. The van der Waals surface area contributed by atoms with E-state index in [4.69, 9.17) is 9.47 Å². The van der Waals surface area contributed by atoms with E-state index in [1.165, 1.54) is 0 Å². The van der Waals surface area contributed by atoms with Crippen LogP contribution in [0.25, 0.3) is 0 Å². The Hall–Kier alpha value is -2.01. The molecular formula is C19H20BrNO3. The Morgan fingerprint density at radius 2 is 1.88 bits per heavy atom. The molecule has 24 heavy (non-hydrogen) atoms. The lowest BCUT2D eigenvalue weighted by atomic mass is 9.95. The van der Waals surface area contributed by atoms with Crippen molar-refractivity contribution in [2.45, 2.75) is 18.3 Å². The van der Waals surface area contributed by atoms with Crippen LogP contribution in [0.15, 0.2) is 53.0 Å². The maximum absolute atomic E-state index is 12.5. The van der Waals surface area contributed by atoms with E-state index in [0.717, 1.165) is 34.4 Å². The van der Waals surface area contributed by atoms with E-state index in [1.807, 2.05) is 48.5 Å². The van der Waals surface area contributed by atoms with E-state index >= 15 is 0 Å². The van der Waals surface area contributed by atoms with Crippen LogP contribution >= 0.6 is 15.9 Å². The summed E-state index contributed by atoms with van der Waals surface area (Å²) < 4.78 is 11.8. The first-order valence-corrected chi connectivity index (χ1v) is 8.74. The molecule has 0 aliphatic heterocycles. The minimum atomic E-state index is -0.351. The molecular weight excluding hydrogens is 370 g/mol. The number of nitrogens with one attached hydrogen (secondary N) is 1. The Morgan fingerprint density at radius 3 is 2.54 bits per heavy atom. The molecule has 2 aromatic carbocycles. The minimum absolute atomic E-state index is 0.0825. The minimum Gasteiger partial charge on any atom is -0.497 e. The van der Waals surface area contributed by atoms with E-state index < -0.39 is 0 Å². The van der Waals surface area contributed by atoms with E-state index in [9.17, 15) is 4.79 Å². The number of ether oxygens (including phenoxy) is 2. The molecule has 1 amide bonds. The summed E-state index contributed by atoms with van der Waals surface area (Å²) in [6, 6.07) is 15.4. The first kappa shape index (κ1) is 16.8. The van der Waals surface area contributed by atoms with Crippen LogP contribution < -0.4 is 14.8 Å². The molecule has 0 spiro atoms. The van der Waals surface area contributed by atoms with Gasteiger partial charge in [-0.3, -0.25) is 4.79 Å². The van der Waals surface area contributed by atoms with Crippen LogP contribution in [0.2, 0.25) is 0 Å². The Bertz CT molecular complexity index is 711. The highest BCUT2D eigenvalue weighted by Crippen LogP contribution is 2.48. The van der Waals surface area contributed by atoms with Crippen molar-refractivity contribution in [2.24, 2.45) is 0 Å². The average Bonchev–Trinajstić information content (AvgIpc) is 3.41. The van der Waals surface area contributed by atoms with Gasteiger partial charge in [0.05, 0.1) is 19.1 Å². The molecule has 1 aliphatic carbocycles. The molecule has 0 saturated heterocycles. The van der Waals surface area contributed by atoms with Gasteiger partial charge in [0.15, 0.2) is 0 Å². The van der Waals surface area contributed by atoms with Crippen LogP contribution in [0.4, 0.5) is 0 Å². The molecule has 0 bridgehead atoms. The Morgan fingerprint density at radius 1 is 1.17 bits per heavy atom. The summed E-state index contributed by atoms with van der Waals surface area (Å²) >= 11 is 3.43. The summed E-state index contributed by atoms with van der Waals surface area (Å²) in [5.41, 5.74) is 0.730. The lowest BCUT2D eigenvalue weighted by Crippen LogP contribution is -2.37. The van der Waals surface area contributed by atoms with E-state index in [-0.39, 0.29) is 11.3 Å². The second-order valence-corrected chi connectivity index (χ2v) is 6.79. The molecule has 0 unspecified atom stereocenters. The number of carbonyl (C=O) groups is 1. The van der Waals surface area contributed by atoms with Gasteiger partial charge < -0.3 is 14.8 Å². The molecule has 1 fully saturated rings. The third-order valence-corrected chi connectivity index (χ3v) is 4.81. The standard InChI is InChI=1S/C19H20BrNO3/c1-23-16-3-2-4-17(13-16)24-12-11-21-18(22)19(9-10-19)14-5-7-15(20)8-6-14/h2-8,13H,9-12H2,1H3,(H,21,22). The van der Waals surface area contributed by atoms with Gasteiger partial charge in [-0.1, -0.05) is 34.1 Å². The van der Waals surface area contributed by atoms with Gasteiger partial charge in [-0.05, 0) is 42.7 Å². The van der Waals surface area contributed by atoms with Gasteiger partial charge >= 0.3 is 0 Å². The summed E-state index contributed by atoms with van der Waals surface area (Å²) in [6.07, 6.45) is 1.80. The van der Waals surface area contributed by atoms with Crippen LogP contribution in [0, 0.1) is 0 Å². The molecule has 1 aliphatic rings. The molecule has 0 aromatic heterocycles. The fourth-order valence-corrected chi connectivity index (χ4v) is 3.00. The summed E-state index contributed by atoms with van der Waals surface area (Å²) in [5.74, 6) is 1.57. The van der Waals surface area contributed by atoms with Crippen LogP contribution in [-0.2, 0) is 10.2 Å². The maximum atomic E-state index is 12.5. The fraction of sp³-hybridized carbons (Fsp3) is 0.316. The molecule has 0 atom stereocenters. The second-order valence-electron chi connectivity index (χ2n) is 5.87. The zero-order valence-electron chi connectivity index (χ0n) is 13.5. The van der Waals surface area contributed by atoms with Gasteiger partial charge in [0.25, 0.3) is 0 Å². The van der Waals surface area contributed by atoms with Gasteiger partial charge in [0.2, 0.25) is 5.91 Å². The highest BCUT2D eigenvalue weighted by Gasteiger charge is 2.50. The molecule has 0 heterocycles. The third-order valence-electron chi connectivity index (χ3n) is 4.28. The highest BCUT2D eigenvalue weighted by atomic mass is 79.9. The summed E-state index contributed by atoms with van der Waals surface area (Å²) in [5, 5.41) is 2.99. The number of rotatable bonds is 7. The van der Waals surface area contributed by atoms with Crippen molar-refractivity contribution in [3.63, 3.8) is 0 Å².